The molecule has 0 radical (unpaired) electrons. The summed E-state index contributed by atoms with van der Waals surface area (Å²) >= 11 is 0. The standard InChI is InChI=1S/C68H47N/c1-67(2)61-24-12-8-20-54(61)58-38-36-52(43-66(58)67)69(50-33-30-46(31-34-50)44-16-4-3-5-17-44)51-35-37-53(48-29-28-45-18-6-7-19-47(45)40-48)59(42-51)49-32-39-65-60(41-49)57-23-11-15-27-64(57)68(65)62-25-13-9-21-55(62)56-22-10-14-26-63(56)68/h3-43H,1-2H3. The molecule has 0 amide bonds. The highest BCUT2D eigenvalue weighted by atomic mass is 15.1. The SMILES string of the molecule is CC1(C)c2ccccc2-c2ccc(N(c3ccc(-c4ccccc4)cc3)c3ccc(-c4ccc5ccccc5c4)c(-c4ccc5c(c4)-c4ccccc4C54c5ccccc5-c5ccccc54)c3)cc21. The normalized spacial score (nSPS) is 13.9. The molecule has 69 heavy (non-hydrogen) atoms. The van der Waals surface area contributed by atoms with Gasteiger partial charge in [-0.05, 0) is 159 Å². The predicted molar refractivity (Wildman–Crippen MR) is 289 cm³/mol. The van der Waals surface area contributed by atoms with E-state index in [2.05, 4.69) is 267 Å². The van der Waals surface area contributed by atoms with Crippen LogP contribution in [0.1, 0.15) is 47.2 Å². The van der Waals surface area contributed by atoms with Crippen LogP contribution in [0.25, 0.3) is 77.5 Å². The van der Waals surface area contributed by atoms with Gasteiger partial charge in [0.1, 0.15) is 0 Å². The van der Waals surface area contributed by atoms with Crippen LogP contribution >= 0.6 is 0 Å². The first kappa shape index (κ1) is 39.6. The Hall–Kier alpha value is -8.52. The average Bonchev–Trinajstić information content (AvgIpc) is 3.97. The van der Waals surface area contributed by atoms with E-state index in [-0.39, 0.29) is 5.41 Å². The Labute approximate surface area is 404 Å². The summed E-state index contributed by atoms with van der Waals surface area (Å²) in [5.41, 5.74) is 26.0. The quantitative estimate of drug-likeness (QED) is 0.161. The largest absolute Gasteiger partial charge is 0.310 e. The smallest absolute Gasteiger partial charge is 0.0725 e. The first-order valence-corrected chi connectivity index (χ1v) is 24.2. The Bertz CT molecular complexity index is 3830. The van der Waals surface area contributed by atoms with Crippen molar-refractivity contribution in [3.63, 3.8) is 0 Å². The third kappa shape index (κ3) is 5.77. The van der Waals surface area contributed by atoms with Crippen molar-refractivity contribution in [1.29, 1.82) is 0 Å². The molecular weight excluding hydrogens is 831 g/mol. The molecule has 0 bridgehead atoms. The molecule has 0 saturated carbocycles. The van der Waals surface area contributed by atoms with E-state index in [4.69, 9.17) is 0 Å². The molecule has 1 nitrogen and oxygen atoms in total. The Balaban J connectivity index is 0.994. The summed E-state index contributed by atoms with van der Waals surface area (Å²) < 4.78 is 0. The molecule has 0 aliphatic heterocycles. The summed E-state index contributed by atoms with van der Waals surface area (Å²) in [5, 5.41) is 2.47. The number of hydrogen-bond acceptors (Lipinski definition) is 1. The fourth-order valence-corrected chi connectivity index (χ4v) is 12.5. The Kier molecular flexibility index (Phi) is 8.61. The van der Waals surface area contributed by atoms with Gasteiger partial charge in [-0.1, -0.05) is 214 Å². The van der Waals surface area contributed by atoms with E-state index in [1.54, 1.807) is 0 Å². The van der Waals surface area contributed by atoms with Crippen LogP contribution in [0, 0.1) is 0 Å². The lowest BCUT2D eigenvalue weighted by Gasteiger charge is -2.30. The second-order valence-corrected chi connectivity index (χ2v) is 19.6. The summed E-state index contributed by atoms with van der Waals surface area (Å²) in [6, 6.07) is 93.2. The Morgan fingerprint density at radius 3 is 1.38 bits per heavy atom. The zero-order valence-corrected chi connectivity index (χ0v) is 38.6. The van der Waals surface area contributed by atoms with Crippen LogP contribution in [0.15, 0.2) is 249 Å². The summed E-state index contributed by atoms with van der Waals surface area (Å²) in [4.78, 5) is 2.46. The van der Waals surface area contributed by atoms with Gasteiger partial charge in [0.05, 0.1) is 5.41 Å². The van der Waals surface area contributed by atoms with Crippen molar-refractivity contribution < 1.29 is 0 Å². The van der Waals surface area contributed by atoms with Crippen LogP contribution in [0.3, 0.4) is 0 Å². The Morgan fingerprint density at radius 1 is 0.246 bits per heavy atom. The van der Waals surface area contributed by atoms with Gasteiger partial charge in [-0.2, -0.15) is 0 Å². The molecule has 1 spiro atoms. The third-order valence-electron chi connectivity index (χ3n) is 15.7. The molecule has 0 N–H and O–H groups in total. The fraction of sp³-hybridized carbons (Fsp3) is 0.0588. The Morgan fingerprint density at radius 2 is 0.696 bits per heavy atom. The number of rotatable bonds is 6. The average molecular weight is 878 g/mol. The lowest BCUT2D eigenvalue weighted by molar-refractivity contribution is 0.660. The first-order valence-electron chi connectivity index (χ1n) is 24.2. The van der Waals surface area contributed by atoms with Crippen LogP contribution in [0.4, 0.5) is 17.1 Å². The van der Waals surface area contributed by atoms with Gasteiger partial charge in [-0.25, -0.2) is 0 Å². The van der Waals surface area contributed by atoms with Gasteiger partial charge in [0.2, 0.25) is 0 Å². The van der Waals surface area contributed by atoms with E-state index in [1.807, 2.05) is 0 Å². The maximum absolute atomic E-state index is 2.49. The maximum atomic E-state index is 2.49. The zero-order valence-electron chi connectivity index (χ0n) is 38.6. The van der Waals surface area contributed by atoms with E-state index in [9.17, 15) is 0 Å². The lowest BCUT2D eigenvalue weighted by Crippen LogP contribution is -2.25. The minimum absolute atomic E-state index is 0.145. The molecule has 11 aromatic rings. The van der Waals surface area contributed by atoms with Gasteiger partial charge >= 0.3 is 0 Å². The molecule has 0 saturated heterocycles. The van der Waals surface area contributed by atoms with Crippen LogP contribution in [-0.2, 0) is 10.8 Å². The van der Waals surface area contributed by atoms with Crippen molar-refractivity contribution in [2.24, 2.45) is 0 Å². The third-order valence-corrected chi connectivity index (χ3v) is 15.7. The summed E-state index contributed by atoms with van der Waals surface area (Å²) in [7, 11) is 0. The van der Waals surface area contributed by atoms with Gasteiger partial charge in [0, 0.05) is 22.5 Å². The molecule has 0 aromatic heterocycles. The van der Waals surface area contributed by atoms with Crippen LogP contribution in [0.5, 0.6) is 0 Å². The van der Waals surface area contributed by atoms with Gasteiger partial charge in [-0.15, -0.1) is 0 Å². The van der Waals surface area contributed by atoms with E-state index >= 15 is 0 Å². The van der Waals surface area contributed by atoms with Crippen molar-refractivity contribution in [1.82, 2.24) is 0 Å². The van der Waals surface area contributed by atoms with Crippen molar-refractivity contribution >= 4 is 27.8 Å². The molecule has 11 aromatic carbocycles. The lowest BCUT2D eigenvalue weighted by atomic mass is 9.70. The molecule has 324 valence electrons. The number of fused-ring (bicyclic) bond motifs is 14. The highest BCUT2D eigenvalue weighted by molar-refractivity contribution is 5.99. The highest BCUT2D eigenvalue weighted by Crippen LogP contribution is 2.63. The van der Waals surface area contributed by atoms with Crippen molar-refractivity contribution in [2.75, 3.05) is 4.90 Å². The van der Waals surface area contributed by atoms with Crippen molar-refractivity contribution in [3.05, 3.63) is 282 Å². The van der Waals surface area contributed by atoms with E-state index < -0.39 is 5.41 Å². The molecule has 0 atom stereocenters. The second-order valence-electron chi connectivity index (χ2n) is 19.6. The van der Waals surface area contributed by atoms with Crippen LogP contribution < -0.4 is 4.90 Å². The van der Waals surface area contributed by atoms with Gasteiger partial charge in [0.15, 0.2) is 0 Å². The molecule has 14 rings (SSSR count). The first-order chi connectivity index (χ1) is 34.0. The summed E-state index contributed by atoms with van der Waals surface area (Å²) in [6.07, 6.45) is 0. The summed E-state index contributed by atoms with van der Waals surface area (Å²) in [5.74, 6) is 0. The zero-order chi connectivity index (χ0) is 45.8. The van der Waals surface area contributed by atoms with E-state index in [0.29, 0.717) is 0 Å². The fourth-order valence-electron chi connectivity index (χ4n) is 12.5. The topological polar surface area (TPSA) is 3.24 Å². The second kappa shape index (κ2) is 15.0. The van der Waals surface area contributed by atoms with Crippen LogP contribution in [-0.4, -0.2) is 0 Å². The number of benzene rings is 11. The summed E-state index contributed by atoms with van der Waals surface area (Å²) in [6.45, 7) is 4.74. The van der Waals surface area contributed by atoms with Gasteiger partial charge < -0.3 is 4.90 Å². The molecular formula is C68H47N. The molecule has 0 unspecified atom stereocenters. The number of hydrogen-bond donors (Lipinski definition) is 0. The predicted octanol–water partition coefficient (Wildman–Crippen LogP) is 18.0. The molecule has 3 aliphatic rings. The van der Waals surface area contributed by atoms with Gasteiger partial charge in [-0.3, -0.25) is 0 Å². The van der Waals surface area contributed by atoms with Crippen LogP contribution in [0.2, 0.25) is 0 Å². The van der Waals surface area contributed by atoms with Crippen molar-refractivity contribution in [2.45, 2.75) is 24.7 Å². The maximum Gasteiger partial charge on any atom is 0.0725 e. The van der Waals surface area contributed by atoms with Crippen molar-refractivity contribution in [3.8, 4) is 66.8 Å². The monoisotopic (exact) mass is 877 g/mol. The minimum Gasteiger partial charge on any atom is -0.310 e. The highest BCUT2D eigenvalue weighted by Gasteiger charge is 2.51. The molecule has 1 heteroatoms. The number of nitrogens with zero attached hydrogens (tertiary/aromatic N) is 1. The minimum atomic E-state index is -0.398. The molecule has 0 heterocycles. The molecule has 0 fully saturated rings. The number of anilines is 3. The van der Waals surface area contributed by atoms with E-state index in [0.717, 1.165) is 17.1 Å². The van der Waals surface area contributed by atoms with E-state index in [1.165, 1.54) is 111 Å². The molecule has 3 aliphatic carbocycles. The van der Waals surface area contributed by atoms with Gasteiger partial charge in [0.25, 0.3) is 0 Å².